The summed E-state index contributed by atoms with van der Waals surface area (Å²) in [5.74, 6) is -2.23. The highest BCUT2D eigenvalue weighted by molar-refractivity contribution is 7.14. The van der Waals surface area contributed by atoms with Crippen LogP contribution in [0.1, 0.15) is 20.1 Å². The largest absolute Gasteiger partial charge is 0.471 e. The minimum absolute atomic E-state index is 0.00823. The van der Waals surface area contributed by atoms with Gasteiger partial charge in [-0.15, -0.1) is 11.3 Å². The number of nitrogens with one attached hydrogen (secondary N) is 1. The third-order valence-corrected chi connectivity index (χ3v) is 3.83. The van der Waals surface area contributed by atoms with E-state index in [1.165, 1.54) is 41.7 Å². The summed E-state index contributed by atoms with van der Waals surface area (Å²) >= 11 is 1.36. The van der Waals surface area contributed by atoms with Gasteiger partial charge in [0.1, 0.15) is 0 Å². The topological polar surface area (TPSA) is 46.2 Å². The summed E-state index contributed by atoms with van der Waals surface area (Å²) in [6, 6.07) is 9.35. The predicted octanol–water partition coefficient (Wildman–Crippen LogP) is 4.45. The van der Waals surface area contributed by atoms with Crippen molar-refractivity contribution in [3.8, 4) is 0 Å². The number of rotatable bonds is 4. The number of halogens is 3. The van der Waals surface area contributed by atoms with E-state index in [0.717, 1.165) is 4.88 Å². The van der Waals surface area contributed by atoms with Crippen LogP contribution in [0, 0.1) is 6.92 Å². The van der Waals surface area contributed by atoms with Crippen LogP contribution < -0.4 is 5.32 Å². The van der Waals surface area contributed by atoms with Crippen LogP contribution in [0.2, 0.25) is 0 Å². The van der Waals surface area contributed by atoms with E-state index < -0.39 is 12.1 Å². The maximum Gasteiger partial charge on any atom is 0.471 e. The quantitative estimate of drug-likeness (QED) is 0.661. The fourth-order valence-electron chi connectivity index (χ4n) is 1.74. The molecule has 0 spiro atoms. The summed E-state index contributed by atoms with van der Waals surface area (Å²) in [4.78, 5) is 24.4. The zero-order valence-electron chi connectivity index (χ0n) is 12.0. The number of carbonyl (C=O) groups excluding carboxylic acids is 2. The standard InChI is InChI=1S/C16H12F3NO2S/c1-10-5-8-14(23-10)13(21)7-6-11-3-2-4-12(9-11)20-15(22)16(17,18)19/h2-9H,1H3,(H,20,22)/b7-6+. The molecule has 2 aromatic rings. The molecular weight excluding hydrogens is 327 g/mol. The number of aryl methyl sites for hydroxylation is 1. The summed E-state index contributed by atoms with van der Waals surface area (Å²) in [5.41, 5.74) is 0.514. The van der Waals surface area contributed by atoms with Gasteiger partial charge in [0, 0.05) is 10.6 Å². The van der Waals surface area contributed by atoms with Gasteiger partial charge in [0.15, 0.2) is 5.78 Å². The van der Waals surface area contributed by atoms with E-state index in [1.807, 2.05) is 13.0 Å². The molecule has 3 nitrogen and oxygen atoms in total. The molecule has 0 fully saturated rings. The molecule has 0 aliphatic carbocycles. The van der Waals surface area contributed by atoms with Crippen molar-refractivity contribution in [3.63, 3.8) is 0 Å². The number of benzene rings is 1. The lowest BCUT2D eigenvalue weighted by Gasteiger charge is -2.08. The number of carbonyl (C=O) groups is 2. The smallest absolute Gasteiger partial charge is 0.318 e. The summed E-state index contributed by atoms with van der Waals surface area (Å²) < 4.78 is 36.6. The van der Waals surface area contributed by atoms with E-state index in [-0.39, 0.29) is 11.5 Å². The van der Waals surface area contributed by atoms with E-state index in [1.54, 1.807) is 17.4 Å². The Balaban J connectivity index is 2.09. The van der Waals surface area contributed by atoms with Crippen LogP contribution in [-0.4, -0.2) is 17.9 Å². The molecule has 120 valence electrons. The Morgan fingerprint density at radius 2 is 1.91 bits per heavy atom. The van der Waals surface area contributed by atoms with E-state index in [2.05, 4.69) is 0 Å². The first-order valence-corrected chi connectivity index (χ1v) is 7.34. The lowest BCUT2D eigenvalue weighted by molar-refractivity contribution is -0.167. The minimum Gasteiger partial charge on any atom is -0.318 e. The second-order valence-electron chi connectivity index (χ2n) is 4.69. The molecule has 0 saturated carbocycles. The van der Waals surface area contributed by atoms with Crippen molar-refractivity contribution in [1.82, 2.24) is 0 Å². The molecule has 1 aromatic carbocycles. The van der Waals surface area contributed by atoms with Crippen molar-refractivity contribution in [2.24, 2.45) is 0 Å². The van der Waals surface area contributed by atoms with Crippen molar-refractivity contribution < 1.29 is 22.8 Å². The molecule has 0 saturated heterocycles. The lowest BCUT2D eigenvalue weighted by Crippen LogP contribution is -2.29. The Kier molecular flexibility index (Phi) is 5.00. The lowest BCUT2D eigenvalue weighted by atomic mass is 10.1. The minimum atomic E-state index is -4.95. The Morgan fingerprint density at radius 3 is 2.52 bits per heavy atom. The van der Waals surface area contributed by atoms with Gasteiger partial charge in [-0.05, 0) is 42.8 Å². The first kappa shape index (κ1) is 17.0. The molecule has 23 heavy (non-hydrogen) atoms. The maximum absolute atomic E-state index is 12.2. The van der Waals surface area contributed by atoms with Gasteiger partial charge in [-0.3, -0.25) is 9.59 Å². The van der Waals surface area contributed by atoms with E-state index >= 15 is 0 Å². The maximum atomic E-state index is 12.2. The zero-order chi connectivity index (χ0) is 17.0. The first-order valence-electron chi connectivity index (χ1n) is 6.53. The number of hydrogen-bond acceptors (Lipinski definition) is 3. The highest BCUT2D eigenvalue weighted by atomic mass is 32.1. The Labute approximate surface area is 134 Å². The van der Waals surface area contributed by atoms with Crippen LogP contribution in [-0.2, 0) is 4.79 Å². The SMILES string of the molecule is Cc1ccc(C(=O)/C=C/c2cccc(NC(=O)C(F)(F)F)c2)s1. The molecule has 1 heterocycles. The molecule has 1 aromatic heterocycles. The molecule has 0 atom stereocenters. The van der Waals surface area contributed by atoms with Crippen LogP contribution in [0.5, 0.6) is 0 Å². The highest BCUT2D eigenvalue weighted by Gasteiger charge is 2.38. The predicted molar refractivity (Wildman–Crippen MR) is 83.5 cm³/mol. The third kappa shape index (κ3) is 4.79. The summed E-state index contributed by atoms with van der Waals surface area (Å²) in [5, 5.41) is 1.76. The van der Waals surface area contributed by atoms with Crippen molar-refractivity contribution in [2.45, 2.75) is 13.1 Å². The summed E-state index contributed by atoms with van der Waals surface area (Å²) in [6.45, 7) is 1.89. The van der Waals surface area contributed by atoms with E-state index in [4.69, 9.17) is 0 Å². The van der Waals surface area contributed by atoms with Crippen LogP contribution >= 0.6 is 11.3 Å². The second-order valence-corrected chi connectivity index (χ2v) is 5.97. The monoisotopic (exact) mass is 339 g/mol. The van der Waals surface area contributed by atoms with Gasteiger partial charge in [0.25, 0.3) is 0 Å². The van der Waals surface area contributed by atoms with Crippen LogP contribution in [0.4, 0.5) is 18.9 Å². The molecule has 0 aliphatic rings. The second kappa shape index (κ2) is 6.78. The normalized spacial score (nSPS) is 11.7. The summed E-state index contributed by atoms with van der Waals surface area (Å²) in [7, 11) is 0. The Hall–Kier alpha value is -2.41. The highest BCUT2D eigenvalue weighted by Crippen LogP contribution is 2.20. The zero-order valence-corrected chi connectivity index (χ0v) is 12.8. The molecule has 1 amide bonds. The summed E-state index contributed by atoms with van der Waals surface area (Å²) in [6.07, 6.45) is -2.12. The van der Waals surface area contributed by atoms with Crippen LogP contribution in [0.15, 0.2) is 42.5 Å². The van der Waals surface area contributed by atoms with Crippen molar-refractivity contribution in [2.75, 3.05) is 5.32 Å². The first-order chi connectivity index (χ1) is 10.8. The number of alkyl halides is 3. The number of allylic oxidation sites excluding steroid dienone is 1. The number of ketones is 1. The van der Waals surface area contributed by atoms with Gasteiger partial charge < -0.3 is 5.32 Å². The van der Waals surface area contributed by atoms with Gasteiger partial charge in [-0.1, -0.05) is 18.2 Å². The fourth-order valence-corrected chi connectivity index (χ4v) is 2.53. The molecular formula is C16H12F3NO2S. The number of thiophene rings is 1. The Morgan fingerprint density at radius 1 is 1.17 bits per heavy atom. The fraction of sp³-hybridized carbons (Fsp3) is 0.125. The van der Waals surface area contributed by atoms with Crippen LogP contribution in [0.25, 0.3) is 6.08 Å². The van der Waals surface area contributed by atoms with Gasteiger partial charge in [-0.2, -0.15) is 13.2 Å². The molecule has 0 radical (unpaired) electrons. The number of amides is 1. The molecule has 0 bridgehead atoms. The van der Waals surface area contributed by atoms with Gasteiger partial charge >= 0.3 is 12.1 Å². The van der Waals surface area contributed by atoms with Crippen molar-refractivity contribution >= 4 is 34.8 Å². The van der Waals surface area contributed by atoms with E-state index in [9.17, 15) is 22.8 Å². The Bertz CT molecular complexity index is 763. The van der Waals surface area contributed by atoms with Crippen molar-refractivity contribution in [3.05, 3.63) is 57.8 Å². The van der Waals surface area contributed by atoms with Gasteiger partial charge in [0.2, 0.25) is 0 Å². The molecule has 1 N–H and O–H groups in total. The molecule has 7 heteroatoms. The average Bonchev–Trinajstić information content (AvgIpc) is 2.91. The van der Waals surface area contributed by atoms with Crippen molar-refractivity contribution in [1.29, 1.82) is 0 Å². The number of anilines is 1. The number of hydrogen-bond donors (Lipinski definition) is 1. The van der Waals surface area contributed by atoms with Gasteiger partial charge in [0.05, 0.1) is 4.88 Å². The van der Waals surface area contributed by atoms with Crippen LogP contribution in [0.3, 0.4) is 0 Å². The molecule has 0 unspecified atom stereocenters. The molecule has 2 rings (SSSR count). The van der Waals surface area contributed by atoms with Gasteiger partial charge in [-0.25, -0.2) is 0 Å². The molecule has 0 aliphatic heterocycles. The third-order valence-electron chi connectivity index (χ3n) is 2.81. The van der Waals surface area contributed by atoms with E-state index in [0.29, 0.717) is 10.4 Å². The average molecular weight is 339 g/mol.